The summed E-state index contributed by atoms with van der Waals surface area (Å²) in [6, 6.07) is 14.8. The van der Waals surface area contributed by atoms with Gasteiger partial charge in [-0.1, -0.05) is 24.3 Å². The Morgan fingerprint density at radius 1 is 1.07 bits per heavy atom. The van der Waals surface area contributed by atoms with E-state index < -0.39 is 0 Å². The molecule has 3 aromatic rings. The van der Waals surface area contributed by atoms with Gasteiger partial charge in [0.25, 0.3) is 5.91 Å². The van der Waals surface area contributed by atoms with Gasteiger partial charge < -0.3 is 20.1 Å². The second-order valence-electron chi connectivity index (χ2n) is 6.07. The highest BCUT2D eigenvalue weighted by molar-refractivity contribution is 6.03. The Labute approximate surface area is 163 Å². The number of carbonyl (C=O) groups is 1. The largest absolute Gasteiger partial charge is 0.497 e. The topological polar surface area (TPSA) is 85.4 Å². The third-order valence-electron chi connectivity index (χ3n) is 4.24. The van der Waals surface area contributed by atoms with Crippen LogP contribution in [0.2, 0.25) is 0 Å². The minimum atomic E-state index is -0.357. The lowest BCUT2D eigenvalue weighted by Gasteiger charge is -2.12. The van der Waals surface area contributed by atoms with Crippen LogP contribution in [0.15, 0.2) is 54.7 Å². The number of aromatic nitrogens is 2. The van der Waals surface area contributed by atoms with Crippen LogP contribution in [0.4, 0.5) is 11.6 Å². The number of hydrogen-bond acceptors (Lipinski definition) is 6. The van der Waals surface area contributed by atoms with Crippen LogP contribution in [-0.4, -0.2) is 30.1 Å². The number of rotatable bonds is 7. The van der Waals surface area contributed by atoms with Crippen LogP contribution >= 0.6 is 0 Å². The van der Waals surface area contributed by atoms with Gasteiger partial charge in [-0.05, 0) is 36.2 Å². The van der Waals surface area contributed by atoms with E-state index in [0.29, 0.717) is 29.7 Å². The summed E-state index contributed by atoms with van der Waals surface area (Å²) in [6.45, 7) is 2.62. The molecule has 2 N–H and O–H groups in total. The number of ether oxygens (including phenoxy) is 2. The van der Waals surface area contributed by atoms with Crippen LogP contribution in [0, 0.1) is 6.92 Å². The van der Waals surface area contributed by atoms with Gasteiger partial charge in [0.05, 0.1) is 19.9 Å². The Hall–Kier alpha value is -3.61. The number of benzene rings is 2. The van der Waals surface area contributed by atoms with Gasteiger partial charge in [-0.2, -0.15) is 0 Å². The fourth-order valence-electron chi connectivity index (χ4n) is 2.64. The van der Waals surface area contributed by atoms with E-state index in [1.807, 2.05) is 31.2 Å². The molecule has 3 rings (SSSR count). The first-order valence-corrected chi connectivity index (χ1v) is 8.75. The summed E-state index contributed by atoms with van der Waals surface area (Å²) in [5.41, 5.74) is 3.10. The predicted molar refractivity (Wildman–Crippen MR) is 108 cm³/mol. The molecule has 7 nitrogen and oxygen atoms in total. The Morgan fingerprint density at radius 3 is 2.64 bits per heavy atom. The molecular formula is C21H22N4O3. The normalized spacial score (nSPS) is 10.2. The van der Waals surface area contributed by atoms with E-state index in [2.05, 4.69) is 20.6 Å². The maximum absolute atomic E-state index is 12.6. The highest BCUT2D eigenvalue weighted by Crippen LogP contribution is 2.29. The smallest absolute Gasteiger partial charge is 0.274 e. The van der Waals surface area contributed by atoms with Crippen LogP contribution in [0.1, 0.15) is 21.6 Å². The minimum absolute atomic E-state index is 0.250. The first-order valence-electron chi connectivity index (χ1n) is 8.75. The molecule has 0 saturated carbocycles. The standard InChI is InChI=1S/C21H22N4O3/c1-14-6-4-5-7-15(14)13-23-21-22-11-10-18(25-21)20(26)24-17-9-8-16(27-2)12-19(17)28-3/h4-12H,13H2,1-3H3,(H,24,26)(H,22,23,25). The maximum atomic E-state index is 12.6. The number of nitrogens with zero attached hydrogens (tertiary/aromatic N) is 2. The number of hydrogen-bond donors (Lipinski definition) is 2. The van der Waals surface area contributed by atoms with Gasteiger partial charge in [0.2, 0.25) is 5.95 Å². The molecular weight excluding hydrogens is 356 g/mol. The Bertz CT molecular complexity index is 975. The summed E-state index contributed by atoms with van der Waals surface area (Å²) in [5, 5.41) is 5.96. The van der Waals surface area contributed by atoms with Crippen molar-refractivity contribution in [3.63, 3.8) is 0 Å². The summed E-state index contributed by atoms with van der Waals surface area (Å²) in [4.78, 5) is 21.1. The molecule has 0 unspecified atom stereocenters. The Balaban J connectivity index is 1.71. The summed E-state index contributed by atoms with van der Waals surface area (Å²) in [7, 11) is 3.10. The molecule has 0 atom stereocenters. The summed E-state index contributed by atoms with van der Waals surface area (Å²) >= 11 is 0. The molecule has 0 aliphatic rings. The molecule has 0 aliphatic heterocycles. The van der Waals surface area contributed by atoms with E-state index in [0.717, 1.165) is 5.56 Å². The molecule has 1 heterocycles. The van der Waals surface area contributed by atoms with Crippen LogP contribution in [0.25, 0.3) is 0 Å². The van der Waals surface area contributed by atoms with Crippen molar-refractivity contribution in [1.82, 2.24) is 9.97 Å². The average molecular weight is 378 g/mol. The van der Waals surface area contributed by atoms with E-state index in [4.69, 9.17) is 9.47 Å². The van der Waals surface area contributed by atoms with E-state index in [-0.39, 0.29) is 11.6 Å². The van der Waals surface area contributed by atoms with Crippen molar-refractivity contribution in [2.45, 2.75) is 13.5 Å². The summed E-state index contributed by atoms with van der Waals surface area (Å²) < 4.78 is 10.5. The zero-order valence-electron chi connectivity index (χ0n) is 16.0. The van der Waals surface area contributed by atoms with E-state index in [1.54, 1.807) is 37.6 Å². The first kappa shape index (κ1) is 19.2. The SMILES string of the molecule is COc1ccc(NC(=O)c2ccnc(NCc3ccccc3C)n2)c(OC)c1. The maximum Gasteiger partial charge on any atom is 0.274 e. The lowest BCUT2D eigenvalue weighted by Crippen LogP contribution is -2.16. The summed E-state index contributed by atoms with van der Waals surface area (Å²) in [6.07, 6.45) is 1.55. The molecule has 0 saturated heterocycles. The lowest BCUT2D eigenvalue weighted by molar-refractivity contribution is 0.102. The van der Waals surface area contributed by atoms with Gasteiger partial charge in [-0.15, -0.1) is 0 Å². The molecule has 7 heteroatoms. The highest BCUT2D eigenvalue weighted by atomic mass is 16.5. The second kappa shape index (κ2) is 8.85. The number of aryl methyl sites for hydroxylation is 1. The molecule has 0 bridgehead atoms. The highest BCUT2D eigenvalue weighted by Gasteiger charge is 2.13. The number of anilines is 2. The monoisotopic (exact) mass is 378 g/mol. The van der Waals surface area contributed by atoms with Crippen LogP contribution < -0.4 is 20.1 Å². The number of nitrogens with one attached hydrogen (secondary N) is 2. The molecule has 0 spiro atoms. The molecule has 1 amide bonds. The number of methoxy groups -OCH3 is 2. The molecule has 0 fully saturated rings. The van der Waals surface area contributed by atoms with Gasteiger partial charge >= 0.3 is 0 Å². The van der Waals surface area contributed by atoms with Crippen molar-refractivity contribution in [3.8, 4) is 11.5 Å². The fraction of sp³-hybridized carbons (Fsp3) is 0.190. The third-order valence-corrected chi connectivity index (χ3v) is 4.24. The van der Waals surface area contributed by atoms with E-state index >= 15 is 0 Å². The summed E-state index contributed by atoms with van der Waals surface area (Å²) in [5.74, 6) is 1.17. The fourth-order valence-corrected chi connectivity index (χ4v) is 2.64. The Kier molecular flexibility index (Phi) is 6.06. The van der Waals surface area contributed by atoms with Crippen molar-refractivity contribution in [2.75, 3.05) is 24.9 Å². The van der Waals surface area contributed by atoms with Crippen LogP contribution in [0.3, 0.4) is 0 Å². The predicted octanol–water partition coefficient (Wildman–Crippen LogP) is 3.67. The zero-order chi connectivity index (χ0) is 19.9. The van der Waals surface area contributed by atoms with Crippen molar-refractivity contribution in [3.05, 3.63) is 71.5 Å². The van der Waals surface area contributed by atoms with Gasteiger partial charge in [-0.3, -0.25) is 4.79 Å². The first-order chi connectivity index (χ1) is 13.6. The molecule has 1 aromatic heterocycles. The van der Waals surface area contributed by atoms with Crippen molar-refractivity contribution >= 4 is 17.5 Å². The number of carbonyl (C=O) groups excluding carboxylic acids is 1. The van der Waals surface area contributed by atoms with Gasteiger partial charge in [0.1, 0.15) is 17.2 Å². The third kappa shape index (κ3) is 4.56. The molecule has 0 aliphatic carbocycles. The van der Waals surface area contributed by atoms with Crippen LogP contribution in [-0.2, 0) is 6.54 Å². The molecule has 28 heavy (non-hydrogen) atoms. The molecule has 144 valence electrons. The van der Waals surface area contributed by atoms with E-state index in [9.17, 15) is 4.79 Å². The quantitative estimate of drug-likeness (QED) is 0.653. The minimum Gasteiger partial charge on any atom is -0.497 e. The Morgan fingerprint density at radius 2 is 1.89 bits per heavy atom. The molecule has 0 radical (unpaired) electrons. The van der Waals surface area contributed by atoms with Crippen molar-refractivity contribution in [2.24, 2.45) is 0 Å². The number of amides is 1. The van der Waals surface area contributed by atoms with Crippen LogP contribution in [0.5, 0.6) is 11.5 Å². The van der Waals surface area contributed by atoms with Crippen molar-refractivity contribution in [1.29, 1.82) is 0 Å². The average Bonchev–Trinajstić information content (AvgIpc) is 2.73. The second-order valence-corrected chi connectivity index (χ2v) is 6.07. The van der Waals surface area contributed by atoms with Crippen molar-refractivity contribution < 1.29 is 14.3 Å². The zero-order valence-corrected chi connectivity index (χ0v) is 16.0. The van der Waals surface area contributed by atoms with E-state index in [1.165, 1.54) is 12.7 Å². The molecule has 2 aromatic carbocycles. The lowest BCUT2D eigenvalue weighted by atomic mass is 10.1. The van der Waals surface area contributed by atoms with Gasteiger partial charge in [0, 0.05) is 18.8 Å². The van der Waals surface area contributed by atoms with Gasteiger partial charge in [-0.25, -0.2) is 9.97 Å². The van der Waals surface area contributed by atoms with Gasteiger partial charge in [0.15, 0.2) is 0 Å².